The SMILES string of the molecule is CCCCCOc1cc(C)ncc1CNC(C)(C)C. The van der Waals surface area contributed by atoms with E-state index >= 15 is 0 Å². The molecule has 1 heterocycles. The highest BCUT2D eigenvalue weighted by Crippen LogP contribution is 2.20. The monoisotopic (exact) mass is 264 g/mol. The molecule has 0 aromatic carbocycles. The zero-order valence-corrected chi connectivity index (χ0v) is 13.0. The normalized spacial score (nSPS) is 11.6. The molecule has 0 bridgehead atoms. The van der Waals surface area contributed by atoms with E-state index in [4.69, 9.17) is 4.74 Å². The predicted octanol–water partition coefficient (Wildman–Crippen LogP) is 3.85. The van der Waals surface area contributed by atoms with Gasteiger partial charge in [0.05, 0.1) is 6.61 Å². The summed E-state index contributed by atoms with van der Waals surface area (Å²) >= 11 is 0. The number of nitrogens with zero attached hydrogens (tertiary/aromatic N) is 1. The minimum absolute atomic E-state index is 0.102. The Labute approximate surface area is 117 Å². The van der Waals surface area contributed by atoms with E-state index in [2.05, 4.69) is 38.0 Å². The van der Waals surface area contributed by atoms with Crippen LogP contribution >= 0.6 is 0 Å². The molecule has 19 heavy (non-hydrogen) atoms. The van der Waals surface area contributed by atoms with Gasteiger partial charge in [0, 0.05) is 35.6 Å². The molecule has 0 spiro atoms. The fourth-order valence-corrected chi connectivity index (χ4v) is 1.72. The van der Waals surface area contributed by atoms with E-state index in [1.54, 1.807) is 0 Å². The summed E-state index contributed by atoms with van der Waals surface area (Å²) in [6.45, 7) is 12.3. The van der Waals surface area contributed by atoms with Crippen molar-refractivity contribution in [1.29, 1.82) is 0 Å². The largest absolute Gasteiger partial charge is 0.493 e. The molecular formula is C16H28N2O. The third-order valence-corrected chi connectivity index (χ3v) is 2.90. The maximum Gasteiger partial charge on any atom is 0.127 e. The Bertz CT molecular complexity index is 383. The summed E-state index contributed by atoms with van der Waals surface area (Å²) in [4.78, 5) is 4.36. The van der Waals surface area contributed by atoms with Crippen molar-refractivity contribution in [1.82, 2.24) is 10.3 Å². The molecule has 3 nitrogen and oxygen atoms in total. The summed E-state index contributed by atoms with van der Waals surface area (Å²) in [5.41, 5.74) is 2.24. The lowest BCUT2D eigenvalue weighted by atomic mass is 10.1. The molecule has 1 aromatic heterocycles. The van der Waals surface area contributed by atoms with Crippen LogP contribution in [0.15, 0.2) is 12.3 Å². The van der Waals surface area contributed by atoms with E-state index < -0.39 is 0 Å². The van der Waals surface area contributed by atoms with E-state index in [-0.39, 0.29) is 5.54 Å². The number of nitrogens with one attached hydrogen (secondary N) is 1. The zero-order chi connectivity index (χ0) is 14.3. The molecule has 108 valence electrons. The van der Waals surface area contributed by atoms with Crippen LogP contribution in [0.25, 0.3) is 0 Å². The van der Waals surface area contributed by atoms with Crippen LogP contribution in [0.1, 0.15) is 58.2 Å². The summed E-state index contributed by atoms with van der Waals surface area (Å²) < 4.78 is 5.91. The highest BCUT2D eigenvalue weighted by Gasteiger charge is 2.11. The summed E-state index contributed by atoms with van der Waals surface area (Å²) in [5, 5.41) is 3.48. The van der Waals surface area contributed by atoms with Gasteiger partial charge in [-0.2, -0.15) is 0 Å². The maximum atomic E-state index is 5.91. The summed E-state index contributed by atoms with van der Waals surface area (Å²) in [7, 11) is 0. The number of aryl methyl sites for hydroxylation is 1. The average molecular weight is 264 g/mol. The molecule has 1 rings (SSSR count). The summed E-state index contributed by atoms with van der Waals surface area (Å²) in [6.07, 6.45) is 5.48. The molecule has 0 unspecified atom stereocenters. The number of ether oxygens (including phenoxy) is 1. The van der Waals surface area contributed by atoms with Gasteiger partial charge in [0.25, 0.3) is 0 Å². The van der Waals surface area contributed by atoms with Crippen LogP contribution in [0.2, 0.25) is 0 Å². The van der Waals surface area contributed by atoms with Gasteiger partial charge in [-0.05, 0) is 34.1 Å². The number of hydrogen-bond acceptors (Lipinski definition) is 3. The Balaban J connectivity index is 2.63. The molecule has 0 amide bonds. The minimum atomic E-state index is 0.102. The Morgan fingerprint density at radius 3 is 2.63 bits per heavy atom. The van der Waals surface area contributed by atoms with E-state index in [0.29, 0.717) is 0 Å². The van der Waals surface area contributed by atoms with Crippen LogP contribution in [0.4, 0.5) is 0 Å². The van der Waals surface area contributed by atoms with Crippen LogP contribution < -0.4 is 10.1 Å². The second kappa shape index (κ2) is 7.49. The Morgan fingerprint density at radius 2 is 2.00 bits per heavy atom. The fraction of sp³-hybridized carbons (Fsp3) is 0.688. The van der Waals surface area contributed by atoms with Crippen molar-refractivity contribution in [2.24, 2.45) is 0 Å². The molecule has 0 aliphatic carbocycles. The zero-order valence-electron chi connectivity index (χ0n) is 13.0. The van der Waals surface area contributed by atoms with Gasteiger partial charge in [-0.15, -0.1) is 0 Å². The van der Waals surface area contributed by atoms with Crippen LogP contribution in [0, 0.1) is 6.92 Å². The number of rotatable bonds is 7. The molecule has 0 atom stereocenters. The second-order valence-electron chi connectivity index (χ2n) is 6.09. The highest BCUT2D eigenvalue weighted by atomic mass is 16.5. The third kappa shape index (κ3) is 6.58. The molecule has 0 fully saturated rings. The Morgan fingerprint density at radius 1 is 1.26 bits per heavy atom. The molecule has 0 aliphatic heterocycles. The molecule has 3 heteroatoms. The first-order chi connectivity index (χ1) is 8.92. The summed E-state index contributed by atoms with van der Waals surface area (Å²) in [5.74, 6) is 0.973. The molecule has 0 saturated carbocycles. The number of aromatic nitrogens is 1. The molecular weight excluding hydrogens is 236 g/mol. The topological polar surface area (TPSA) is 34.1 Å². The molecule has 1 N–H and O–H groups in total. The van der Waals surface area contributed by atoms with E-state index in [1.807, 2.05) is 19.2 Å². The van der Waals surface area contributed by atoms with Crippen LogP contribution in [0.3, 0.4) is 0 Å². The van der Waals surface area contributed by atoms with E-state index in [1.165, 1.54) is 12.8 Å². The number of unbranched alkanes of at least 4 members (excludes halogenated alkanes) is 2. The molecule has 1 aromatic rings. The van der Waals surface area contributed by atoms with Crippen LogP contribution in [-0.4, -0.2) is 17.1 Å². The van der Waals surface area contributed by atoms with Crippen molar-refractivity contribution in [3.05, 3.63) is 23.5 Å². The van der Waals surface area contributed by atoms with Crippen molar-refractivity contribution < 1.29 is 4.74 Å². The Kier molecular flexibility index (Phi) is 6.29. The van der Waals surface area contributed by atoms with Crippen molar-refractivity contribution >= 4 is 0 Å². The van der Waals surface area contributed by atoms with Crippen LogP contribution in [-0.2, 0) is 6.54 Å². The first-order valence-corrected chi connectivity index (χ1v) is 7.25. The maximum absolute atomic E-state index is 5.91. The molecule has 0 aliphatic rings. The van der Waals surface area contributed by atoms with Gasteiger partial charge in [-0.3, -0.25) is 4.98 Å². The van der Waals surface area contributed by atoms with E-state index in [9.17, 15) is 0 Å². The van der Waals surface area contributed by atoms with Gasteiger partial charge in [-0.25, -0.2) is 0 Å². The van der Waals surface area contributed by atoms with Gasteiger partial charge >= 0.3 is 0 Å². The lowest BCUT2D eigenvalue weighted by Crippen LogP contribution is -2.35. The van der Waals surface area contributed by atoms with Gasteiger partial charge in [0.2, 0.25) is 0 Å². The van der Waals surface area contributed by atoms with Gasteiger partial charge < -0.3 is 10.1 Å². The van der Waals surface area contributed by atoms with Crippen molar-refractivity contribution in [3.8, 4) is 5.75 Å². The van der Waals surface area contributed by atoms with Crippen molar-refractivity contribution in [2.45, 2.75) is 66.0 Å². The van der Waals surface area contributed by atoms with Crippen molar-refractivity contribution in [2.75, 3.05) is 6.61 Å². The first kappa shape index (κ1) is 16.0. The van der Waals surface area contributed by atoms with Crippen molar-refractivity contribution in [3.63, 3.8) is 0 Å². The first-order valence-electron chi connectivity index (χ1n) is 7.25. The lowest BCUT2D eigenvalue weighted by Gasteiger charge is -2.21. The minimum Gasteiger partial charge on any atom is -0.493 e. The standard InChI is InChI=1S/C16H28N2O/c1-6-7-8-9-19-15-10-13(2)17-11-14(15)12-18-16(3,4)5/h10-11,18H,6-9,12H2,1-5H3. The van der Waals surface area contributed by atoms with Gasteiger partial charge in [-0.1, -0.05) is 19.8 Å². The smallest absolute Gasteiger partial charge is 0.127 e. The highest BCUT2D eigenvalue weighted by molar-refractivity contribution is 5.32. The fourth-order valence-electron chi connectivity index (χ4n) is 1.72. The third-order valence-electron chi connectivity index (χ3n) is 2.90. The average Bonchev–Trinajstić information content (AvgIpc) is 2.32. The summed E-state index contributed by atoms with van der Waals surface area (Å²) in [6, 6.07) is 2.03. The van der Waals surface area contributed by atoms with Crippen LogP contribution in [0.5, 0.6) is 5.75 Å². The van der Waals surface area contributed by atoms with Gasteiger partial charge in [0.1, 0.15) is 5.75 Å². The van der Waals surface area contributed by atoms with Gasteiger partial charge in [0.15, 0.2) is 0 Å². The Hall–Kier alpha value is -1.09. The number of pyridine rings is 1. The lowest BCUT2D eigenvalue weighted by molar-refractivity contribution is 0.300. The molecule has 0 radical (unpaired) electrons. The second-order valence-corrected chi connectivity index (χ2v) is 6.09. The van der Waals surface area contributed by atoms with E-state index in [0.717, 1.165) is 36.6 Å². The number of hydrogen-bond donors (Lipinski definition) is 1. The predicted molar refractivity (Wildman–Crippen MR) is 80.6 cm³/mol. The molecule has 0 saturated heterocycles. The quantitative estimate of drug-likeness (QED) is 0.760.